The van der Waals surface area contributed by atoms with Crippen LogP contribution in [0.5, 0.6) is 0 Å². The van der Waals surface area contributed by atoms with E-state index in [2.05, 4.69) is 10.1 Å². The van der Waals surface area contributed by atoms with E-state index in [1.54, 1.807) is 6.07 Å². The van der Waals surface area contributed by atoms with Crippen LogP contribution in [0.2, 0.25) is 0 Å². The number of alkyl halides is 3. The Kier molecular flexibility index (Phi) is 5.19. The fourth-order valence-corrected chi connectivity index (χ4v) is 3.50. The van der Waals surface area contributed by atoms with E-state index in [0.29, 0.717) is 19.4 Å². The minimum Gasteiger partial charge on any atom is -0.337 e. The third-order valence-electron chi connectivity index (χ3n) is 5.02. The first-order chi connectivity index (χ1) is 14.8. The number of nitrogens with zero attached hydrogens (tertiary/aromatic N) is 4. The van der Waals surface area contributed by atoms with Crippen molar-refractivity contribution in [1.29, 1.82) is 5.26 Å². The van der Waals surface area contributed by atoms with Crippen molar-refractivity contribution >= 4 is 5.91 Å². The Hall–Kier alpha value is -3.74. The van der Waals surface area contributed by atoms with Crippen molar-refractivity contribution in [1.82, 2.24) is 15.0 Å². The van der Waals surface area contributed by atoms with Gasteiger partial charge < -0.3 is 9.42 Å². The lowest BCUT2D eigenvalue weighted by Gasteiger charge is -2.22. The van der Waals surface area contributed by atoms with Gasteiger partial charge in [0.15, 0.2) is 0 Å². The number of amides is 1. The van der Waals surface area contributed by atoms with Crippen LogP contribution >= 0.6 is 0 Å². The molecule has 1 saturated heterocycles. The maximum atomic E-state index is 14.3. The maximum Gasteiger partial charge on any atom is 0.416 e. The highest BCUT2D eigenvalue weighted by molar-refractivity contribution is 5.95. The third kappa shape index (κ3) is 3.99. The van der Waals surface area contributed by atoms with Gasteiger partial charge in [-0.1, -0.05) is 17.3 Å². The van der Waals surface area contributed by atoms with Crippen molar-refractivity contribution in [3.63, 3.8) is 0 Å². The Balaban J connectivity index is 1.60. The lowest BCUT2D eigenvalue weighted by atomic mass is 10.1. The summed E-state index contributed by atoms with van der Waals surface area (Å²) in [6, 6.07) is 9.27. The van der Waals surface area contributed by atoms with Gasteiger partial charge in [-0.05, 0) is 43.2 Å². The molecular weight excluding hydrogens is 416 g/mol. The monoisotopic (exact) mass is 430 g/mol. The lowest BCUT2D eigenvalue weighted by Crippen LogP contribution is -2.31. The molecule has 3 aromatic rings. The number of halogens is 4. The number of carbonyl (C=O) groups is 1. The highest BCUT2D eigenvalue weighted by atomic mass is 19.4. The molecule has 158 valence electrons. The van der Waals surface area contributed by atoms with E-state index in [-0.39, 0.29) is 28.4 Å². The number of nitriles is 1. The van der Waals surface area contributed by atoms with Crippen molar-refractivity contribution in [2.24, 2.45) is 0 Å². The highest BCUT2D eigenvalue weighted by Gasteiger charge is 2.36. The van der Waals surface area contributed by atoms with E-state index >= 15 is 0 Å². The zero-order valence-corrected chi connectivity index (χ0v) is 15.9. The Labute approximate surface area is 173 Å². The average molecular weight is 430 g/mol. The van der Waals surface area contributed by atoms with Crippen molar-refractivity contribution < 1.29 is 26.9 Å². The summed E-state index contributed by atoms with van der Waals surface area (Å²) >= 11 is 0. The Morgan fingerprint density at radius 3 is 2.74 bits per heavy atom. The van der Waals surface area contributed by atoms with Gasteiger partial charge in [0.2, 0.25) is 11.7 Å². The number of aromatic nitrogens is 2. The molecule has 2 heterocycles. The average Bonchev–Trinajstić information content (AvgIpc) is 3.42. The quantitative estimate of drug-likeness (QED) is 0.561. The number of likely N-dealkylation sites (tertiary alicyclic amines) is 1. The van der Waals surface area contributed by atoms with E-state index in [1.165, 1.54) is 29.2 Å². The highest BCUT2D eigenvalue weighted by Crippen LogP contribution is 2.35. The molecule has 2 aromatic carbocycles. The Morgan fingerprint density at radius 1 is 1.23 bits per heavy atom. The smallest absolute Gasteiger partial charge is 0.337 e. The van der Waals surface area contributed by atoms with Crippen molar-refractivity contribution in [3.8, 4) is 17.5 Å². The second kappa shape index (κ2) is 7.83. The topological polar surface area (TPSA) is 83.0 Å². The van der Waals surface area contributed by atoms with Gasteiger partial charge in [-0.15, -0.1) is 0 Å². The second-order valence-electron chi connectivity index (χ2n) is 7.00. The van der Waals surface area contributed by atoms with Gasteiger partial charge in [-0.25, -0.2) is 4.39 Å². The molecule has 4 rings (SSSR count). The predicted octanol–water partition coefficient (Wildman–Crippen LogP) is 4.74. The van der Waals surface area contributed by atoms with Gasteiger partial charge in [-0.3, -0.25) is 4.79 Å². The van der Waals surface area contributed by atoms with Gasteiger partial charge in [0, 0.05) is 12.1 Å². The van der Waals surface area contributed by atoms with Gasteiger partial charge in [0.25, 0.3) is 5.91 Å². The molecule has 0 spiro atoms. The van der Waals surface area contributed by atoms with E-state index in [9.17, 15) is 22.4 Å². The van der Waals surface area contributed by atoms with Crippen molar-refractivity contribution in [3.05, 3.63) is 70.9 Å². The molecule has 31 heavy (non-hydrogen) atoms. The van der Waals surface area contributed by atoms with E-state index in [1.807, 2.05) is 0 Å². The molecule has 1 aromatic heterocycles. The fraction of sp³-hybridized carbons (Fsp3) is 0.238. The molecule has 1 aliphatic heterocycles. The zero-order chi connectivity index (χ0) is 22.2. The minimum atomic E-state index is -4.51. The van der Waals surface area contributed by atoms with Crippen LogP contribution in [0.15, 0.2) is 47.0 Å². The minimum absolute atomic E-state index is 0.0371. The second-order valence-corrected chi connectivity index (χ2v) is 7.00. The van der Waals surface area contributed by atoms with Crippen LogP contribution in [-0.4, -0.2) is 27.5 Å². The molecule has 1 aliphatic rings. The summed E-state index contributed by atoms with van der Waals surface area (Å²) < 4.78 is 58.4. The molecule has 0 saturated carbocycles. The zero-order valence-electron chi connectivity index (χ0n) is 15.9. The summed E-state index contributed by atoms with van der Waals surface area (Å²) in [5.41, 5.74) is -0.817. The first kappa shape index (κ1) is 20.5. The molecule has 1 fully saturated rings. The SMILES string of the molecule is N#Cc1ccc(C(=O)N2CCC[C@@H]2c2nc(-c3cccc(C(F)(F)F)c3)no2)c(F)c1. The summed E-state index contributed by atoms with van der Waals surface area (Å²) in [5, 5.41) is 12.6. The molecule has 1 amide bonds. The summed E-state index contributed by atoms with van der Waals surface area (Å²) in [7, 11) is 0. The first-order valence-electron chi connectivity index (χ1n) is 9.30. The standard InChI is InChI=1S/C21H14F4N4O2/c22-16-9-12(11-26)6-7-15(16)20(30)29-8-2-5-17(29)19-27-18(28-31-19)13-3-1-4-14(10-13)21(23,24)25/h1,3-4,6-7,9-10,17H,2,5,8H2/t17-/m1/s1. The number of rotatable bonds is 3. The lowest BCUT2D eigenvalue weighted by molar-refractivity contribution is -0.137. The van der Waals surface area contributed by atoms with Crippen molar-refractivity contribution in [2.45, 2.75) is 25.1 Å². The molecule has 0 aliphatic carbocycles. The van der Waals surface area contributed by atoms with Crippen LogP contribution < -0.4 is 0 Å². The van der Waals surface area contributed by atoms with Crippen LogP contribution in [0.25, 0.3) is 11.4 Å². The van der Waals surface area contributed by atoms with Crippen LogP contribution in [0.4, 0.5) is 17.6 Å². The molecule has 1 atom stereocenters. The van der Waals surface area contributed by atoms with E-state index in [4.69, 9.17) is 9.78 Å². The van der Waals surface area contributed by atoms with Crippen molar-refractivity contribution in [2.75, 3.05) is 6.54 Å². The van der Waals surface area contributed by atoms with E-state index in [0.717, 1.165) is 18.2 Å². The molecule has 0 N–H and O–H groups in total. The van der Waals surface area contributed by atoms with Crippen LogP contribution in [0.3, 0.4) is 0 Å². The molecular formula is C21H14F4N4O2. The summed E-state index contributed by atoms with van der Waals surface area (Å²) in [4.78, 5) is 18.4. The Bertz CT molecular complexity index is 1180. The summed E-state index contributed by atoms with van der Waals surface area (Å²) in [6.45, 7) is 0.324. The maximum absolute atomic E-state index is 14.3. The first-order valence-corrected chi connectivity index (χ1v) is 9.30. The fourth-order valence-electron chi connectivity index (χ4n) is 3.50. The number of benzene rings is 2. The predicted molar refractivity (Wildman–Crippen MR) is 98.9 cm³/mol. The molecule has 0 radical (unpaired) electrons. The number of hydrogen-bond acceptors (Lipinski definition) is 5. The van der Waals surface area contributed by atoms with Crippen LogP contribution in [0, 0.1) is 17.1 Å². The van der Waals surface area contributed by atoms with Gasteiger partial charge in [0.05, 0.1) is 22.8 Å². The number of carbonyl (C=O) groups excluding carboxylic acids is 1. The van der Waals surface area contributed by atoms with Crippen LogP contribution in [-0.2, 0) is 6.18 Å². The van der Waals surface area contributed by atoms with E-state index < -0.39 is 29.5 Å². The third-order valence-corrected chi connectivity index (χ3v) is 5.02. The largest absolute Gasteiger partial charge is 0.416 e. The summed E-state index contributed by atoms with van der Waals surface area (Å²) in [5.74, 6) is -1.38. The normalized spacial score (nSPS) is 16.4. The molecule has 0 bridgehead atoms. The summed E-state index contributed by atoms with van der Waals surface area (Å²) in [6.07, 6.45) is -3.42. The Morgan fingerprint density at radius 2 is 2.03 bits per heavy atom. The van der Waals surface area contributed by atoms with Gasteiger partial charge in [0.1, 0.15) is 11.9 Å². The van der Waals surface area contributed by atoms with Crippen LogP contribution in [0.1, 0.15) is 46.3 Å². The molecule has 10 heteroatoms. The van der Waals surface area contributed by atoms with Gasteiger partial charge >= 0.3 is 6.18 Å². The molecule has 6 nitrogen and oxygen atoms in total. The number of hydrogen-bond donors (Lipinski definition) is 0. The molecule has 0 unspecified atom stereocenters. The van der Waals surface area contributed by atoms with Gasteiger partial charge in [-0.2, -0.15) is 23.4 Å².